The van der Waals surface area contributed by atoms with E-state index in [2.05, 4.69) is 42.8 Å². The Morgan fingerprint density at radius 3 is 2.28 bits per heavy atom. The van der Waals surface area contributed by atoms with E-state index in [1.165, 1.54) is 5.56 Å². The van der Waals surface area contributed by atoms with E-state index < -0.39 is 0 Å². The summed E-state index contributed by atoms with van der Waals surface area (Å²) in [6.07, 6.45) is 3.68. The van der Waals surface area contributed by atoms with Crippen LogP contribution in [0, 0.1) is 0 Å². The maximum atomic E-state index is 12.8. The van der Waals surface area contributed by atoms with Crippen molar-refractivity contribution < 1.29 is 4.79 Å². The molecule has 1 heterocycles. The van der Waals surface area contributed by atoms with Crippen LogP contribution in [-0.2, 0) is 6.54 Å². The average Bonchev–Trinajstić information content (AvgIpc) is 2.66. The van der Waals surface area contributed by atoms with Crippen molar-refractivity contribution in [2.45, 2.75) is 40.2 Å². The first-order valence-corrected chi connectivity index (χ1v) is 9.23. The summed E-state index contributed by atoms with van der Waals surface area (Å²) in [6.45, 7) is 9.54. The molecule has 0 bridgehead atoms. The van der Waals surface area contributed by atoms with Gasteiger partial charge >= 0.3 is 0 Å². The van der Waals surface area contributed by atoms with Gasteiger partial charge in [-0.25, -0.2) is 4.98 Å². The lowest BCUT2D eigenvalue weighted by Crippen LogP contribution is -2.32. The fraction of sp³-hybridized carbons (Fsp3) is 0.429. The quantitative estimate of drug-likeness (QED) is 0.680. The monoisotopic (exact) mass is 339 g/mol. The van der Waals surface area contributed by atoms with Crippen LogP contribution in [0.5, 0.6) is 0 Å². The van der Waals surface area contributed by atoms with Crippen molar-refractivity contribution >= 4 is 11.7 Å². The molecule has 0 N–H and O–H groups in total. The number of nitrogens with zero attached hydrogens (tertiary/aromatic N) is 3. The molecule has 0 atom stereocenters. The molecule has 0 aliphatic carbocycles. The second-order valence-electron chi connectivity index (χ2n) is 6.19. The summed E-state index contributed by atoms with van der Waals surface area (Å²) in [5.74, 6) is 0.952. The van der Waals surface area contributed by atoms with Gasteiger partial charge in [-0.3, -0.25) is 4.79 Å². The standard InChI is InChI=1S/C21H29N3O/c1-4-14-24(15-5-2)21(25)19-12-13-22-20(16-19)23(6-3)17-18-10-8-7-9-11-18/h7-13,16H,4-6,14-15,17H2,1-3H3. The highest BCUT2D eigenvalue weighted by molar-refractivity contribution is 5.94. The Bertz CT molecular complexity index is 651. The largest absolute Gasteiger partial charge is 0.353 e. The molecule has 0 radical (unpaired) electrons. The van der Waals surface area contributed by atoms with Gasteiger partial charge in [0, 0.05) is 37.9 Å². The first-order chi connectivity index (χ1) is 12.2. The molecule has 134 valence electrons. The SMILES string of the molecule is CCCN(CCC)C(=O)c1ccnc(N(CC)Cc2ccccc2)c1. The number of rotatable bonds is 9. The van der Waals surface area contributed by atoms with Crippen LogP contribution in [0.25, 0.3) is 0 Å². The van der Waals surface area contributed by atoms with Crippen LogP contribution >= 0.6 is 0 Å². The lowest BCUT2D eigenvalue weighted by Gasteiger charge is -2.24. The Hall–Kier alpha value is -2.36. The molecule has 2 rings (SSSR count). The van der Waals surface area contributed by atoms with Crippen LogP contribution in [0.2, 0.25) is 0 Å². The van der Waals surface area contributed by atoms with Gasteiger partial charge in [-0.2, -0.15) is 0 Å². The summed E-state index contributed by atoms with van der Waals surface area (Å²) < 4.78 is 0. The molecule has 0 spiro atoms. The molecule has 4 nitrogen and oxygen atoms in total. The first kappa shape index (κ1) is 19.0. The van der Waals surface area contributed by atoms with E-state index in [-0.39, 0.29) is 5.91 Å². The number of hydrogen-bond donors (Lipinski definition) is 0. The third-order valence-electron chi connectivity index (χ3n) is 4.19. The third-order valence-corrected chi connectivity index (χ3v) is 4.19. The summed E-state index contributed by atoms with van der Waals surface area (Å²) in [6, 6.07) is 14.1. The predicted octanol–water partition coefficient (Wildman–Crippen LogP) is 4.37. The molecule has 1 aromatic carbocycles. The number of carbonyl (C=O) groups is 1. The summed E-state index contributed by atoms with van der Waals surface area (Å²) in [5.41, 5.74) is 1.96. The number of anilines is 1. The van der Waals surface area contributed by atoms with Gasteiger partial charge in [0.15, 0.2) is 0 Å². The highest BCUT2D eigenvalue weighted by Crippen LogP contribution is 2.17. The fourth-order valence-corrected chi connectivity index (χ4v) is 2.92. The second-order valence-corrected chi connectivity index (χ2v) is 6.19. The van der Waals surface area contributed by atoms with Crippen LogP contribution in [0.1, 0.15) is 49.5 Å². The van der Waals surface area contributed by atoms with Crippen molar-refractivity contribution in [2.75, 3.05) is 24.5 Å². The van der Waals surface area contributed by atoms with Crippen molar-refractivity contribution in [3.63, 3.8) is 0 Å². The molecule has 0 unspecified atom stereocenters. The van der Waals surface area contributed by atoms with Crippen LogP contribution in [-0.4, -0.2) is 35.4 Å². The zero-order valence-corrected chi connectivity index (χ0v) is 15.6. The maximum Gasteiger partial charge on any atom is 0.254 e. The third kappa shape index (κ3) is 5.31. The molecule has 0 saturated heterocycles. The second kappa shape index (κ2) is 9.82. The van der Waals surface area contributed by atoms with Crippen molar-refractivity contribution in [1.82, 2.24) is 9.88 Å². The molecule has 0 aliphatic heterocycles. The molecule has 2 aromatic rings. The Kier molecular flexibility index (Phi) is 7.45. The van der Waals surface area contributed by atoms with Crippen molar-refractivity contribution in [1.29, 1.82) is 0 Å². The Balaban J connectivity index is 2.19. The maximum absolute atomic E-state index is 12.8. The predicted molar refractivity (Wildman–Crippen MR) is 104 cm³/mol. The lowest BCUT2D eigenvalue weighted by atomic mass is 10.2. The number of carbonyl (C=O) groups excluding carboxylic acids is 1. The van der Waals surface area contributed by atoms with E-state index in [4.69, 9.17) is 0 Å². The Labute approximate surface area is 151 Å². The summed E-state index contributed by atoms with van der Waals surface area (Å²) in [4.78, 5) is 21.4. The van der Waals surface area contributed by atoms with Gasteiger partial charge < -0.3 is 9.80 Å². The highest BCUT2D eigenvalue weighted by atomic mass is 16.2. The van der Waals surface area contributed by atoms with E-state index >= 15 is 0 Å². The zero-order chi connectivity index (χ0) is 18.1. The Morgan fingerprint density at radius 1 is 1.00 bits per heavy atom. The smallest absolute Gasteiger partial charge is 0.254 e. The minimum absolute atomic E-state index is 0.100. The molecule has 0 fully saturated rings. The minimum Gasteiger partial charge on any atom is -0.353 e. The van der Waals surface area contributed by atoms with Gasteiger partial charge in [0.2, 0.25) is 0 Å². The van der Waals surface area contributed by atoms with Gasteiger partial charge in [-0.1, -0.05) is 44.2 Å². The minimum atomic E-state index is 0.100. The normalized spacial score (nSPS) is 10.5. The van der Waals surface area contributed by atoms with Gasteiger partial charge in [0.1, 0.15) is 5.82 Å². The molecule has 0 aliphatic rings. The summed E-state index contributed by atoms with van der Waals surface area (Å²) in [5, 5.41) is 0. The van der Waals surface area contributed by atoms with Crippen molar-refractivity contribution in [3.05, 3.63) is 59.8 Å². The van der Waals surface area contributed by atoms with E-state index in [0.717, 1.165) is 50.4 Å². The summed E-state index contributed by atoms with van der Waals surface area (Å²) in [7, 11) is 0. The molecular formula is C21H29N3O. The number of aromatic nitrogens is 1. The number of benzene rings is 1. The number of hydrogen-bond acceptors (Lipinski definition) is 3. The fourth-order valence-electron chi connectivity index (χ4n) is 2.92. The van der Waals surface area contributed by atoms with Gasteiger partial charge in [-0.15, -0.1) is 0 Å². The zero-order valence-electron chi connectivity index (χ0n) is 15.6. The van der Waals surface area contributed by atoms with Gasteiger partial charge in [0.05, 0.1) is 0 Å². The molecule has 4 heteroatoms. The molecular weight excluding hydrogens is 310 g/mol. The van der Waals surface area contributed by atoms with Crippen LogP contribution in [0.15, 0.2) is 48.7 Å². The lowest BCUT2D eigenvalue weighted by molar-refractivity contribution is 0.0755. The summed E-state index contributed by atoms with van der Waals surface area (Å²) >= 11 is 0. The first-order valence-electron chi connectivity index (χ1n) is 9.23. The van der Waals surface area contributed by atoms with E-state index in [1.54, 1.807) is 6.20 Å². The van der Waals surface area contributed by atoms with Crippen molar-refractivity contribution in [3.8, 4) is 0 Å². The van der Waals surface area contributed by atoms with Crippen LogP contribution in [0.4, 0.5) is 5.82 Å². The van der Waals surface area contributed by atoms with Crippen molar-refractivity contribution in [2.24, 2.45) is 0 Å². The van der Waals surface area contributed by atoms with Crippen LogP contribution in [0.3, 0.4) is 0 Å². The van der Waals surface area contributed by atoms with E-state index in [1.807, 2.05) is 35.2 Å². The number of amides is 1. The molecule has 1 amide bonds. The molecule has 1 aromatic heterocycles. The molecule has 25 heavy (non-hydrogen) atoms. The highest BCUT2D eigenvalue weighted by Gasteiger charge is 2.16. The molecule has 0 saturated carbocycles. The average molecular weight is 339 g/mol. The van der Waals surface area contributed by atoms with E-state index in [0.29, 0.717) is 0 Å². The Morgan fingerprint density at radius 2 is 1.68 bits per heavy atom. The van der Waals surface area contributed by atoms with Crippen LogP contribution < -0.4 is 4.90 Å². The van der Waals surface area contributed by atoms with Gasteiger partial charge in [0.25, 0.3) is 5.91 Å². The number of pyridine rings is 1. The van der Waals surface area contributed by atoms with Gasteiger partial charge in [-0.05, 0) is 37.5 Å². The van der Waals surface area contributed by atoms with E-state index in [9.17, 15) is 4.79 Å². The topological polar surface area (TPSA) is 36.4 Å².